The van der Waals surface area contributed by atoms with Crippen LogP contribution >= 0.6 is 0 Å². The maximum atomic E-state index is 11.1. The maximum absolute atomic E-state index is 11.1. The number of aromatic amines is 1. The second kappa shape index (κ2) is 26.8. The van der Waals surface area contributed by atoms with E-state index in [1.54, 1.807) is 30.7 Å². The monoisotopic (exact) mass is 1230 g/mol. The van der Waals surface area contributed by atoms with Crippen molar-refractivity contribution in [3.05, 3.63) is 352 Å². The van der Waals surface area contributed by atoms with Gasteiger partial charge in [0.25, 0.3) is 0 Å². The molecule has 0 aliphatic heterocycles. The Morgan fingerprint density at radius 3 is 1.23 bits per heavy atom. The van der Waals surface area contributed by atoms with E-state index in [1.165, 1.54) is 37.9 Å². The molecule has 0 aliphatic rings. The predicted molar refractivity (Wildman–Crippen MR) is 393 cm³/mol. The van der Waals surface area contributed by atoms with Gasteiger partial charge in [0.15, 0.2) is 12.0 Å². The molecule has 1 N–H and O–H groups in total. The smallest absolute Gasteiger partial charge is 0.868 e. The summed E-state index contributed by atoms with van der Waals surface area (Å²) in [5.74, 6) is 0.725. The number of fused-ring (bicyclic) bond motifs is 9. The summed E-state index contributed by atoms with van der Waals surface area (Å²) in [6, 6.07) is 98.0. The Balaban J connectivity index is 0.000000143. The van der Waals surface area contributed by atoms with E-state index >= 15 is 0 Å². The van der Waals surface area contributed by atoms with Gasteiger partial charge in [-0.3, -0.25) is 9.97 Å². The molecule has 0 amide bonds. The van der Waals surface area contributed by atoms with E-state index in [2.05, 4.69) is 227 Å². The molecule has 4 aromatic heterocycles. The van der Waals surface area contributed by atoms with Crippen LogP contribution < -0.4 is 29.0 Å². The number of hydrogen-bond acceptors (Lipinski definition) is 5. The zero-order chi connectivity index (χ0) is 67.8. The van der Waals surface area contributed by atoms with Gasteiger partial charge in [0.2, 0.25) is 5.52 Å². The van der Waals surface area contributed by atoms with Gasteiger partial charge in [0.05, 0.1) is 18.2 Å². The molecular weight excluding hydrogens is 1160 g/mol. The second-order valence-corrected chi connectivity index (χ2v) is 23.3. The van der Waals surface area contributed by atoms with Gasteiger partial charge in [-0.25, -0.2) is 15.0 Å². The molecule has 0 atom stereocenters. The van der Waals surface area contributed by atoms with Crippen LogP contribution in [0.5, 0.6) is 5.75 Å². The van der Waals surface area contributed by atoms with Gasteiger partial charge in [0.1, 0.15) is 0 Å². The van der Waals surface area contributed by atoms with Crippen LogP contribution in [0, 0.1) is 0 Å². The molecule has 0 fully saturated rings. The Kier molecular flexibility index (Phi) is 15.2. The summed E-state index contributed by atoms with van der Waals surface area (Å²) in [6.45, 7) is 0. The summed E-state index contributed by atoms with van der Waals surface area (Å²) in [5.41, 5.74) is 15.2. The van der Waals surface area contributed by atoms with Gasteiger partial charge >= 0.3 is 18.9 Å². The third kappa shape index (κ3) is 11.8. The third-order valence-corrected chi connectivity index (χ3v) is 17.7. The van der Waals surface area contributed by atoms with E-state index in [-0.39, 0.29) is 60.4 Å². The van der Waals surface area contributed by atoms with Crippen molar-refractivity contribution in [1.29, 1.82) is 0 Å². The molecular formula is C89H59LiN5O+. The molecule has 6 nitrogen and oxygen atoms in total. The third-order valence-electron chi connectivity index (χ3n) is 17.7. The fourth-order valence-electron chi connectivity index (χ4n) is 13.1. The molecule has 0 saturated carbocycles. The second-order valence-electron chi connectivity index (χ2n) is 23.3. The molecule has 0 radical (unpaired) electrons. The fraction of sp³-hybridized carbons (Fsp3) is 0. The van der Waals surface area contributed by atoms with Crippen LogP contribution in [-0.2, 0) is 0 Å². The normalized spacial score (nSPS) is 11.8. The Hall–Kier alpha value is -12.2. The number of pyridine rings is 3. The molecule has 4 heterocycles. The van der Waals surface area contributed by atoms with Crippen molar-refractivity contribution in [3.63, 3.8) is 0 Å². The number of benzene rings is 14. The average molecular weight is 1230 g/mol. The van der Waals surface area contributed by atoms with Crippen LogP contribution in [0.4, 0.5) is 0 Å². The SMILES string of the molecule is [2H]c1c([2H])c([2H])c(-c2c3ccccc3c(-c3cc4ccccc4c4ccccc34)c3ccccc23)c([2H])c1[2H].[Li+].[O-]c1cccc2ccc[nH+]c12.c1cncc(-c2ccc(-c3cc(-c4ccc(-c5cccnc5)cc4)nc(-c4ccc(-c5cc6ccccc6c6ccccc56)cc4)n3)cc2)c1. The largest absolute Gasteiger partial charge is 1.00 e. The van der Waals surface area contributed by atoms with Crippen molar-refractivity contribution in [2.45, 2.75) is 0 Å². The zero-order valence-corrected chi connectivity index (χ0v) is 52.3. The van der Waals surface area contributed by atoms with E-state index in [9.17, 15) is 5.11 Å². The first-order chi connectivity index (χ1) is 49.1. The first-order valence-corrected chi connectivity index (χ1v) is 31.5. The van der Waals surface area contributed by atoms with Gasteiger partial charge in [-0.2, -0.15) is 0 Å². The average Bonchev–Trinajstić information content (AvgIpc) is 0.718. The number of para-hydroxylation sites is 1. The number of aromatic nitrogens is 5. The molecule has 14 aromatic carbocycles. The summed E-state index contributed by atoms with van der Waals surface area (Å²) in [7, 11) is 0. The van der Waals surface area contributed by atoms with Crippen LogP contribution in [0.25, 0.3) is 165 Å². The summed E-state index contributed by atoms with van der Waals surface area (Å²) in [4.78, 5) is 21.7. The van der Waals surface area contributed by atoms with Gasteiger partial charge in [-0.1, -0.05) is 273 Å². The van der Waals surface area contributed by atoms with Crippen LogP contribution in [0.3, 0.4) is 0 Å². The van der Waals surface area contributed by atoms with Crippen LogP contribution in [-0.4, -0.2) is 19.9 Å². The fourth-order valence-corrected chi connectivity index (χ4v) is 13.1. The predicted octanol–water partition coefficient (Wildman–Crippen LogP) is 18.9. The first-order valence-electron chi connectivity index (χ1n) is 34.0. The van der Waals surface area contributed by atoms with E-state index < -0.39 is 0 Å². The topological polar surface area (TPSA) is 88.8 Å². The summed E-state index contributed by atoms with van der Waals surface area (Å²) in [6.07, 6.45) is 9.11. The Labute approximate surface area is 575 Å². The van der Waals surface area contributed by atoms with E-state index in [1.807, 2.05) is 79.1 Å². The Morgan fingerprint density at radius 1 is 0.302 bits per heavy atom. The van der Waals surface area contributed by atoms with Crippen LogP contribution in [0.15, 0.2) is 352 Å². The molecule has 96 heavy (non-hydrogen) atoms. The Morgan fingerprint density at radius 2 is 0.719 bits per heavy atom. The first kappa shape index (κ1) is 54.4. The van der Waals surface area contributed by atoms with E-state index in [4.69, 9.17) is 16.8 Å². The minimum Gasteiger partial charge on any atom is -0.868 e. The standard InChI is InChI=1S/C46H30N4.C34H22.C9H7NO.Li/c1-2-10-40-37(7-1)27-43(42-12-4-3-11-41(40)42)33-17-23-36(24-18-33)46-49-44(34-19-13-31(14-20-34)38-8-5-25-47-29-38)28-45(50-46)35-21-15-32(16-22-35)39-9-6-26-48-30-39;1-2-12-23(13-3-1)33-28-18-8-10-20-30(28)34(31-21-11-9-19-29(31)33)32-22-24-14-4-5-15-25(24)26-16-6-7-17-27(26)32;11-8-5-1-3-7-4-2-6-10-9(7)8;/h1-30H;1-22H;1-6,11H;/q;;;+1/i;1D,2D,3D,12D,13D;;. The quantitative estimate of drug-likeness (QED) is 0.0859. The molecule has 0 unspecified atom stereocenters. The molecule has 18 rings (SSSR count). The van der Waals surface area contributed by atoms with Gasteiger partial charge in [0, 0.05) is 52.9 Å². The van der Waals surface area contributed by atoms with Gasteiger partial charge in [-0.05, 0) is 168 Å². The Bertz CT molecular complexity index is 5970. The van der Waals surface area contributed by atoms with Crippen molar-refractivity contribution >= 4 is 75.5 Å². The summed E-state index contributed by atoms with van der Waals surface area (Å²) in [5, 5.41) is 25.4. The number of rotatable bonds is 8. The minimum atomic E-state index is -0.387. The van der Waals surface area contributed by atoms with Crippen molar-refractivity contribution in [2.75, 3.05) is 0 Å². The molecule has 18 aromatic rings. The summed E-state index contributed by atoms with van der Waals surface area (Å²) >= 11 is 0. The molecule has 0 spiro atoms. The van der Waals surface area contributed by atoms with E-state index in [0.29, 0.717) is 16.9 Å². The summed E-state index contributed by atoms with van der Waals surface area (Å²) < 4.78 is 42.3. The molecule has 446 valence electrons. The van der Waals surface area contributed by atoms with E-state index in [0.717, 1.165) is 105 Å². The number of H-pyrrole nitrogens is 1. The molecule has 0 bridgehead atoms. The molecule has 0 saturated heterocycles. The number of hydrogen-bond donors (Lipinski definition) is 0. The minimum absolute atomic E-state index is 0. The van der Waals surface area contributed by atoms with Crippen LogP contribution in [0.2, 0.25) is 0 Å². The molecule has 7 heteroatoms. The van der Waals surface area contributed by atoms with Crippen molar-refractivity contribution in [3.8, 4) is 95.3 Å². The zero-order valence-electron chi connectivity index (χ0n) is 57.3. The number of nitrogens with one attached hydrogen (secondary N) is 1. The van der Waals surface area contributed by atoms with Crippen LogP contribution in [0.1, 0.15) is 6.85 Å². The van der Waals surface area contributed by atoms with Crippen molar-refractivity contribution < 1.29 is 35.8 Å². The number of nitrogens with zero attached hydrogens (tertiary/aromatic N) is 4. The van der Waals surface area contributed by atoms with Gasteiger partial charge < -0.3 is 5.11 Å². The van der Waals surface area contributed by atoms with Crippen molar-refractivity contribution in [1.82, 2.24) is 19.9 Å². The molecule has 0 aliphatic carbocycles. The maximum Gasteiger partial charge on any atom is 1.00 e. The van der Waals surface area contributed by atoms with Gasteiger partial charge in [-0.15, -0.1) is 0 Å². The van der Waals surface area contributed by atoms with Crippen molar-refractivity contribution in [2.24, 2.45) is 0 Å².